The maximum absolute atomic E-state index is 14.6. The molecule has 7 heterocycles. The summed E-state index contributed by atoms with van der Waals surface area (Å²) >= 11 is 7.68. The molecule has 0 aliphatic carbocycles. The summed E-state index contributed by atoms with van der Waals surface area (Å²) in [6, 6.07) is 36.7. The van der Waals surface area contributed by atoms with Crippen LogP contribution in [0.2, 0.25) is 4.34 Å². The molecule has 290 valence electrons. The van der Waals surface area contributed by atoms with Gasteiger partial charge in [-0.3, -0.25) is 9.97 Å². The smallest absolute Gasteiger partial charge is 0.165 e. The van der Waals surface area contributed by atoms with Gasteiger partial charge >= 0.3 is 0 Å². The van der Waals surface area contributed by atoms with Crippen molar-refractivity contribution >= 4 is 72.2 Å². The molecule has 0 aliphatic rings. The normalized spacial score (nSPS) is 11.3. The summed E-state index contributed by atoms with van der Waals surface area (Å²) in [5.41, 5.74) is 6.14. The fourth-order valence-electron chi connectivity index (χ4n) is 7.23. The predicted molar refractivity (Wildman–Crippen MR) is 237 cm³/mol. The Balaban J connectivity index is 0.000000146. The number of pyridine rings is 2. The lowest BCUT2D eigenvalue weighted by Gasteiger charge is -2.12. The predicted octanol–water partition coefficient (Wildman–Crippen LogP) is 12.0. The van der Waals surface area contributed by atoms with E-state index in [1.807, 2.05) is 108 Å². The Bertz CT molecular complexity index is 3400. The topological polar surface area (TPSA) is 99.2 Å². The summed E-state index contributed by atoms with van der Waals surface area (Å²) in [5.74, 6) is 1.37. The van der Waals surface area contributed by atoms with Gasteiger partial charge in [-0.25, -0.2) is 28.7 Å². The fourth-order valence-corrected chi connectivity index (χ4v) is 8.27. The van der Waals surface area contributed by atoms with Gasteiger partial charge in [-0.1, -0.05) is 41.9 Å². The Hall–Kier alpha value is -7.41. The number of hydrogen-bond acceptors (Lipinski definition) is 8. The molecule has 0 saturated heterocycles. The molecule has 0 bridgehead atoms. The number of halogens is 3. The van der Waals surface area contributed by atoms with Gasteiger partial charge in [0.25, 0.3) is 0 Å². The Morgan fingerprint density at radius 1 is 0.583 bits per heavy atom. The molecule has 7 aromatic heterocycles. The van der Waals surface area contributed by atoms with Crippen LogP contribution in [-0.2, 0) is 0 Å². The van der Waals surface area contributed by atoms with Crippen LogP contribution < -0.4 is 5.32 Å². The highest BCUT2D eigenvalue weighted by Crippen LogP contribution is 2.36. The van der Waals surface area contributed by atoms with Gasteiger partial charge in [0, 0.05) is 76.3 Å². The zero-order valence-electron chi connectivity index (χ0n) is 31.6. The molecule has 1 N–H and O–H groups in total. The van der Waals surface area contributed by atoms with Crippen molar-refractivity contribution in [3.05, 3.63) is 174 Å². The Morgan fingerprint density at radius 2 is 1.13 bits per heavy atom. The molecule has 13 heteroatoms. The summed E-state index contributed by atoms with van der Waals surface area (Å²) in [4.78, 5) is 28.4. The minimum Gasteiger partial charge on any atom is -0.388 e. The third-order valence-electron chi connectivity index (χ3n) is 10.2. The average molecular weight is 826 g/mol. The average Bonchev–Trinajstić information content (AvgIpc) is 4.04. The number of aromatic nitrogens is 8. The molecule has 0 spiro atoms. The summed E-state index contributed by atoms with van der Waals surface area (Å²) in [7, 11) is 1.87. The van der Waals surface area contributed by atoms with Crippen molar-refractivity contribution in [3.63, 3.8) is 0 Å². The first-order chi connectivity index (χ1) is 29.4. The zero-order chi connectivity index (χ0) is 40.7. The van der Waals surface area contributed by atoms with Crippen LogP contribution in [0.15, 0.2) is 159 Å². The van der Waals surface area contributed by atoms with Crippen molar-refractivity contribution in [2.45, 2.75) is 0 Å². The largest absolute Gasteiger partial charge is 0.388 e. The first-order valence-corrected chi connectivity index (χ1v) is 20.0. The van der Waals surface area contributed by atoms with E-state index in [0.29, 0.717) is 34.4 Å². The molecule has 60 heavy (non-hydrogen) atoms. The monoisotopic (exact) mass is 825 g/mol. The zero-order valence-corrected chi connectivity index (χ0v) is 33.2. The first-order valence-electron chi connectivity index (χ1n) is 18.8. The highest BCUT2D eigenvalue weighted by molar-refractivity contribution is 7.19. The van der Waals surface area contributed by atoms with Gasteiger partial charge in [0.2, 0.25) is 0 Å². The second-order valence-corrected chi connectivity index (χ2v) is 15.5. The van der Waals surface area contributed by atoms with E-state index in [-0.39, 0.29) is 11.6 Å². The Labute approximate surface area is 350 Å². The van der Waals surface area contributed by atoms with Gasteiger partial charge in [0.1, 0.15) is 23.3 Å². The Kier molecular flexibility index (Phi) is 9.47. The van der Waals surface area contributed by atoms with E-state index < -0.39 is 0 Å². The van der Waals surface area contributed by atoms with Crippen LogP contribution in [0.3, 0.4) is 0 Å². The number of anilines is 1. The van der Waals surface area contributed by atoms with Gasteiger partial charge in [0.05, 0.1) is 37.5 Å². The Morgan fingerprint density at radius 3 is 1.67 bits per heavy atom. The fraction of sp³-hybridized carbons (Fsp3) is 0.0213. The molecular weight excluding hydrogens is 796 g/mol. The molecule has 0 unspecified atom stereocenters. The lowest BCUT2D eigenvalue weighted by atomic mass is 10.1. The first kappa shape index (κ1) is 36.9. The SMILES string of the molecule is CNc1ccc2nc(-c3ccccc3F)nc(-n3ccc4cnccc43)c2c1.Fc1ccccc1-c1nc(-n2ccc3cnccc32)c2cc(-c3ccc(Cl)s3)ccc2n1. The molecular formula is C47H30ClF2N9S. The van der Waals surface area contributed by atoms with Crippen LogP contribution in [0.1, 0.15) is 0 Å². The summed E-state index contributed by atoms with van der Waals surface area (Å²) in [5, 5.41) is 6.89. The van der Waals surface area contributed by atoms with Crippen LogP contribution >= 0.6 is 22.9 Å². The maximum atomic E-state index is 14.6. The number of hydrogen-bond donors (Lipinski definition) is 1. The minimum atomic E-state index is -0.357. The van der Waals surface area contributed by atoms with Crippen molar-refractivity contribution < 1.29 is 8.78 Å². The third-order valence-corrected chi connectivity index (χ3v) is 11.4. The second-order valence-electron chi connectivity index (χ2n) is 13.8. The van der Waals surface area contributed by atoms with E-state index in [9.17, 15) is 8.78 Å². The second kappa shape index (κ2) is 15.4. The third kappa shape index (κ3) is 6.77. The van der Waals surface area contributed by atoms with Gasteiger partial charge in [-0.15, -0.1) is 11.3 Å². The van der Waals surface area contributed by atoms with Crippen LogP contribution in [0.4, 0.5) is 14.5 Å². The molecule has 4 aromatic carbocycles. The molecule has 11 rings (SSSR count). The quantitative estimate of drug-likeness (QED) is 0.178. The van der Waals surface area contributed by atoms with Gasteiger partial charge in [-0.05, 0) is 96.6 Å². The number of nitrogens with zero attached hydrogens (tertiary/aromatic N) is 8. The summed E-state index contributed by atoms with van der Waals surface area (Å²) in [6.07, 6.45) is 11.0. The van der Waals surface area contributed by atoms with Gasteiger partial charge in [-0.2, -0.15) is 0 Å². The highest BCUT2D eigenvalue weighted by atomic mass is 35.5. The van der Waals surface area contributed by atoms with Gasteiger partial charge in [0.15, 0.2) is 11.6 Å². The standard InChI is InChI=1S/C25H14ClFN4S.C22H16FN5/c26-23-8-7-22(32-23)15-5-6-20-18(13-15)25(31-12-10-16-14-28-11-9-21(16)31)30-24(29-20)17-3-1-2-4-19(17)27;1-24-15-6-7-19-17(12-15)22(28-11-9-14-13-25-10-8-20(14)28)27-21(26-19)16-4-2-3-5-18(16)23/h1-14H;2-13,24H,1H3. The van der Waals surface area contributed by atoms with Crippen LogP contribution in [-0.4, -0.2) is 46.1 Å². The van der Waals surface area contributed by atoms with E-state index in [1.165, 1.54) is 23.5 Å². The number of rotatable bonds is 6. The van der Waals surface area contributed by atoms with Crippen molar-refractivity contribution in [1.82, 2.24) is 39.0 Å². The number of thiophene rings is 1. The highest BCUT2D eigenvalue weighted by Gasteiger charge is 2.18. The van der Waals surface area contributed by atoms with Crippen LogP contribution in [0.5, 0.6) is 0 Å². The molecule has 0 fully saturated rings. The van der Waals surface area contributed by atoms with Crippen molar-refractivity contribution in [3.8, 4) is 44.9 Å². The minimum absolute atomic E-state index is 0.341. The number of nitrogens with one attached hydrogen (secondary N) is 1. The number of benzene rings is 4. The van der Waals surface area contributed by atoms with E-state index in [1.54, 1.807) is 48.8 Å². The lowest BCUT2D eigenvalue weighted by molar-refractivity contribution is 0.629. The maximum Gasteiger partial charge on any atom is 0.165 e. The van der Waals surface area contributed by atoms with E-state index in [0.717, 1.165) is 64.1 Å². The van der Waals surface area contributed by atoms with E-state index >= 15 is 0 Å². The molecule has 0 radical (unpaired) electrons. The van der Waals surface area contributed by atoms with Crippen LogP contribution in [0, 0.1) is 11.6 Å². The summed E-state index contributed by atoms with van der Waals surface area (Å²) in [6.45, 7) is 0. The number of fused-ring (bicyclic) bond motifs is 4. The lowest BCUT2D eigenvalue weighted by Crippen LogP contribution is -2.03. The van der Waals surface area contributed by atoms with E-state index in [4.69, 9.17) is 26.6 Å². The van der Waals surface area contributed by atoms with Crippen molar-refractivity contribution in [2.24, 2.45) is 0 Å². The molecule has 0 aliphatic heterocycles. The van der Waals surface area contributed by atoms with Crippen molar-refractivity contribution in [1.29, 1.82) is 0 Å². The van der Waals surface area contributed by atoms with Gasteiger partial charge < -0.3 is 14.5 Å². The molecule has 11 aromatic rings. The molecule has 0 saturated carbocycles. The van der Waals surface area contributed by atoms with Crippen LogP contribution in [0.25, 0.3) is 88.5 Å². The molecule has 0 atom stereocenters. The van der Waals surface area contributed by atoms with Crippen molar-refractivity contribution in [2.75, 3.05) is 12.4 Å². The molecule has 0 amide bonds. The molecule has 9 nitrogen and oxygen atoms in total. The van der Waals surface area contributed by atoms with E-state index in [2.05, 4.69) is 26.3 Å². The summed E-state index contributed by atoms with van der Waals surface area (Å²) < 4.78 is 33.7.